The molecular weight excluding hydrogens is 296 g/mol. The third-order valence-corrected chi connectivity index (χ3v) is 4.04. The van der Waals surface area contributed by atoms with Gasteiger partial charge in [0.1, 0.15) is 0 Å². The highest BCUT2D eigenvalue weighted by Gasteiger charge is 2.37. The van der Waals surface area contributed by atoms with Crippen LogP contribution in [0.4, 0.5) is 0 Å². The lowest BCUT2D eigenvalue weighted by molar-refractivity contribution is -0.122. The lowest BCUT2D eigenvalue weighted by Crippen LogP contribution is -3.00. The maximum Gasteiger partial charge on any atom is 0.220 e. The van der Waals surface area contributed by atoms with Crippen LogP contribution in [0.25, 0.3) is 0 Å². The third kappa shape index (κ3) is 5.98. The van der Waals surface area contributed by atoms with Crippen molar-refractivity contribution in [1.82, 2.24) is 10.6 Å². The molecule has 1 amide bonds. The van der Waals surface area contributed by atoms with Gasteiger partial charge in [-0.25, -0.2) is 0 Å². The Bertz CT molecular complexity index is 469. The second-order valence-electron chi connectivity index (χ2n) is 7.55. The Morgan fingerprint density at radius 1 is 1.14 bits per heavy atom. The Labute approximate surface area is 140 Å². The van der Waals surface area contributed by atoms with Crippen LogP contribution in [-0.4, -0.2) is 23.0 Å². The summed E-state index contributed by atoms with van der Waals surface area (Å²) in [6, 6.07) is 10.5. The zero-order valence-electron chi connectivity index (χ0n) is 14.1. The van der Waals surface area contributed by atoms with Crippen molar-refractivity contribution in [2.24, 2.45) is 0 Å². The number of nitrogens with one attached hydrogen (secondary N) is 2. The van der Waals surface area contributed by atoms with Gasteiger partial charge in [-0.05, 0) is 52.5 Å². The minimum absolute atomic E-state index is 0. The molecule has 1 heterocycles. The molecule has 0 bridgehead atoms. The molecule has 3 nitrogen and oxygen atoms in total. The number of carbonyl (C=O) groups excluding carboxylic acids is 1. The van der Waals surface area contributed by atoms with E-state index in [4.69, 9.17) is 0 Å². The summed E-state index contributed by atoms with van der Waals surface area (Å²) >= 11 is 0. The molecule has 1 aliphatic rings. The van der Waals surface area contributed by atoms with Crippen LogP contribution in [0, 0.1) is 0 Å². The maximum absolute atomic E-state index is 12.2. The molecule has 1 aromatic rings. The van der Waals surface area contributed by atoms with Gasteiger partial charge in [0, 0.05) is 23.5 Å². The predicted octanol–water partition coefficient (Wildman–Crippen LogP) is 0.0486. The second-order valence-corrected chi connectivity index (χ2v) is 7.55. The van der Waals surface area contributed by atoms with Gasteiger partial charge in [-0.1, -0.05) is 30.3 Å². The number of hydrogen-bond donors (Lipinski definition) is 2. The Hall–Kier alpha value is -1.06. The van der Waals surface area contributed by atoms with E-state index in [1.807, 2.05) is 18.2 Å². The molecule has 0 radical (unpaired) electrons. The third-order valence-electron chi connectivity index (χ3n) is 4.04. The van der Waals surface area contributed by atoms with E-state index in [0.29, 0.717) is 6.42 Å². The summed E-state index contributed by atoms with van der Waals surface area (Å²) in [4.78, 5) is 12.2. The van der Waals surface area contributed by atoms with Crippen molar-refractivity contribution < 1.29 is 17.2 Å². The number of amides is 1. The molecule has 124 valence electrons. The SMILES string of the molecule is CC1(C)CC(NC(=O)CCc2ccccc2)CC(C)(C)N1.[Cl-]. The molecule has 0 spiro atoms. The quantitative estimate of drug-likeness (QED) is 0.822. The lowest BCUT2D eigenvalue weighted by atomic mass is 9.79. The van der Waals surface area contributed by atoms with Crippen molar-refractivity contribution in [3.05, 3.63) is 35.9 Å². The molecule has 22 heavy (non-hydrogen) atoms. The van der Waals surface area contributed by atoms with Crippen LogP contribution in [0.1, 0.15) is 52.5 Å². The number of halogens is 1. The highest BCUT2D eigenvalue weighted by Crippen LogP contribution is 2.28. The molecule has 1 aliphatic heterocycles. The van der Waals surface area contributed by atoms with E-state index in [0.717, 1.165) is 19.3 Å². The van der Waals surface area contributed by atoms with Gasteiger partial charge < -0.3 is 23.0 Å². The van der Waals surface area contributed by atoms with Crippen molar-refractivity contribution in [3.63, 3.8) is 0 Å². The molecule has 4 heteroatoms. The summed E-state index contributed by atoms with van der Waals surface area (Å²) in [6.45, 7) is 8.82. The summed E-state index contributed by atoms with van der Waals surface area (Å²) < 4.78 is 0. The fourth-order valence-corrected chi connectivity index (χ4v) is 3.63. The second kappa shape index (κ2) is 7.47. The first-order valence-electron chi connectivity index (χ1n) is 7.88. The Morgan fingerprint density at radius 2 is 1.68 bits per heavy atom. The number of hydrogen-bond acceptors (Lipinski definition) is 2. The van der Waals surface area contributed by atoms with Crippen LogP contribution in [0.3, 0.4) is 0 Å². The van der Waals surface area contributed by atoms with Gasteiger partial charge in [0.05, 0.1) is 0 Å². The minimum atomic E-state index is 0. The Kier molecular flexibility index (Phi) is 6.45. The van der Waals surface area contributed by atoms with E-state index < -0.39 is 0 Å². The summed E-state index contributed by atoms with van der Waals surface area (Å²) in [7, 11) is 0. The molecule has 2 rings (SSSR count). The van der Waals surface area contributed by atoms with E-state index in [-0.39, 0.29) is 35.4 Å². The van der Waals surface area contributed by atoms with Gasteiger partial charge in [-0.15, -0.1) is 0 Å². The van der Waals surface area contributed by atoms with Crippen LogP contribution in [-0.2, 0) is 11.2 Å². The zero-order valence-corrected chi connectivity index (χ0v) is 14.8. The van der Waals surface area contributed by atoms with E-state index in [1.165, 1.54) is 5.56 Å². The van der Waals surface area contributed by atoms with Gasteiger partial charge >= 0.3 is 0 Å². The zero-order chi connectivity index (χ0) is 15.5. The first-order chi connectivity index (χ1) is 9.76. The van der Waals surface area contributed by atoms with Crippen molar-refractivity contribution in [1.29, 1.82) is 0 Å². The van der Waals surface area contributed by atoms with Crippen LogP contribution >= 0.6 is 0 Å². The largest absolute Gasteiger partial charge is 1.00 e. The standard InChI is InChI=1S/C18H28N2O.ClH/c1-17(2)12-15(13-18(3,4)20-17)19-16(21)11-10-14-8-6-5-7-9-14;/h5-9,15,20H,10-13H2,1-4H3,(H,19,21);1H/p-1. The smallest absolute Gasteiger partial charge is 0.220 e. The number of rotatable bonds is 4. The van der Waals surface area contributed by atoms with Gasteiger partial charge in [0.15, 0.2) is 0 Å². The van der Waals surface area contributed by atoms with Crippen molar-refractivity contribution in [2.75, 3.05) is 0 Å². The molecule has 2 N–H and O–H groups in total. The molecular formula is C18H28ClN2O-. The van der Waals surface area contributed by atoms with Crippen LogP contribution in [0.5, 0.6) is 0 Å². The van der Waals surface area contributed by atoms with E-state index in [9.17, 15) is 4.79 Å². The van der Waals surface area contributed by atoms with Crippen molar-refractivity contribution >= 4 is 5.91 Å². The summed E-state index contributed by atoms with van der Waals surface area (Å²) in [5.41, 5.74) is 1.36. The molecule has 0 aliphatic carbocycles. The predicted molar refractivity (Wildman–Crippen MR) is 87.2 cm³/mol. The number of carbonyl (C=O) groups is 1. The fourth-order valence-electron chi connectivity index (χ4n) is 3.63. The van der Waals surface area contributed by atoms with Gasteiger partial charge in [0.25, 0.3) is 0 Å². The summed E-state index contributed by atoms with van der Waals surface area (Å²) in [5, 5.41) is 6.86. The van der Waals surface area contributed by atoms with E-state index >= 15 is 0 Å². The number of aryl methyl sites for hydroxylation is 1. The van der Waals surface area contributed by atoms with Gasteiger partial charge in [-0.2, -0.15) is 0 Å². The normalized spacial score (nSPS) is 20.0. The Morgan fingerprint density at radius 3 is 2.23 bits per heavy atom. The molecule has 1 fully saturated rings. The Balaban J connectivity index is 0.00000242. The number of benzene rings is 1. The first kappa shape index (κ1) is 19.0. The highest BCUT2D eigenvalue weighted by atomic mass is 35.5. The van der Waals surface area contributed by atoms with Crippen LogP contribution < -0.4 is 23.0 Å². The van der Waals surface area contributed by atoms with E-state index in [1.54, 1.807) is 0 Å². The van der Waals surface area contributed by atoms with Crippen LogP contribution in [0.2, 0.25) is 0 Å². The van der Waals surface area contributed by atoms with E-state index in [2.05, 4.69) is 50.5 Å². The molecule has 1 aromatic carbocycles. The first-order valence-corrected chi connectivity index (χ1v) is 7.88. The van der Waals surface area contributed by atoms with Crippen molar-refractivity contribution in [2.45, 2.75) is 70.5 Å². The highest BCUT2D eigenvalue weighted by molar-refractivity contribution is 5.76. The molecule has 1 saturated heterocycles. The molecule has 0 unspecified atom stereocenters. The monoisotopic (exact) mass is 323 g/mol. The fraction of sp³-hybridized carbons (Fsp3) is 0.611. The van der Waals surface area contributed by atoms with Gasteiger partial charge in [-0.3, -0.25) is 4.79 Å². The van der Waals surface area contributed by atoms with Crippen molar-refractivity contribution in [3.8, 4) is 0 Å². The average Bonchev–Trinajstić information content (AvgIpc) is 2.33. The maximum atomic E-state index is 12.2. The summed E-state index contributed by atoms with van der Waals surface area (Å²) in [5.74, 6) is 0.164. The minimum Gasteiger partial charge on any atom is -1.00 e. The topological polar surface area (TPSA) is 41.1 Å². The molecule has 0 atom stereocenters. The van der Waals surface area contributed by atoms with Gasteiger partial charge in [0.2, 0.25) is 5.91 Å². The lowest BCUT2D eigenvalue weighted by Gasteiger charge is -2.46. The molecule has 0 aromatic heterocycles. The summed E-state index contributed by atoms with van der Waals surface area (Å²) in [6.07, 6.45) is 3.33. The number of piperidine rings is 1. The average molecular weight is 324 g/mol. The molecule has 0 saturated carbocycles. The van der Waals surface area contributed by atoms with Crippen LogP contribution in [0.15, 0.2) is 30.3 Å².